The normalized spacial score (nSPS) is 19.0. The number of nitrogens with two attached hydrogens (primary N) is 1. The predicted octanol–water partition coefficient (Wildman–Crippen LogP) is 1.99. The van der Waals surface area contributed by atoms with Crippen molar-refractivity contribution in [3.63, 3.8) is 0 Å². The second-order valence-electron chi connectivity index (χ2n) is 4.84. The van der Waals surface area contributed by atoms with E-state index in [1.165, 1.54) is 11.3 Å². The molecule has 0 amide bonds. The number of aromatic nitrogens is 1. The molecule has 1 aliphatic heterocycles. The fourth-order valence-corrected chi connectivity index (χ4v) is 2.92. The zero-order valence-electron chi connectivity index (χ0n) is 11.6. The highest BCUT2D eigenvalue weighted by molar-refractivity contribution is 7.13. The number of guanidine groups is 1. The first-order valence-corrected chi connectivity index (χ1v) is 7.83. The molecule has 3 N–H and O–H groups in total. The van der Waals surface area contributed by atoms with Gasteiger partial charge in [-0.2, -0.15) is 0 Å². The van der Waals surface area contributed by atoms with E-state index in [1.54, 1.807) is 6.26 Å². The van der Waals surface area contributed by atoms with Crippen LogP contribution in [0.2, 0.25) is 0 Å². The molecule has 0 aliphatic carbocycles. The van der Waals surface area contributed by atoms with Gasteiger partial charge >= 0.3 is 0 Å². The van der Waals surface area contributed by atoms with E-state index in [1.807, 2.05) is 17.5 Å². The van der Waals surface area contributed by atoms with Crippen LogP contribution < -0.4 is 11.1 Å². The summed E-state index contributed by atoms with van der Waals surface area (Å²) < 4.78 is 10.8. The zero-order valence-corrected chi connectivity index (χ0v) is 12.4. The molecule has 2 aromatic heterocycles. The Balaban J connectivity index is 1.50. The molecule has 0 saturated carbocycles. The first-order valence-electron chi connectivity index (χ1n) is 6.95. The van der Waals surface area contributed by atoms with E-state index in [0.717, 1.165) is 35.9 Å². The van der Waals surface area contributed by atoms with Gasteiger partial charge in [0, 0.05) is 18.5 Å². The minimum atomic E-state index is 0.253. The number of aliphatic imine (C=N–C) groups is 1. The molecule has 1 fully saturated rings. The number of hydrogen-bond donors (Lipinski definition) is 2. The second kappa shape index (κ2) is 6.73. The first kappa shape index (κ1) is 14.1. The van der Waals surface area contributed by atoms with E-state index >= 15 is 0 Å². The average molecular weight is 306 g/mol. The summed E-state index contributed by atoms with van der Waals surface area (Å²) in [6.45, 7) is 2.02. The van der Waals surface area contributed by atoms with Gasteiger partial charge in [-0.1, -0.05) is 0 Å². The van der Waals surface area contributed by atoms with Crippen molar-refractivity contribution in [1.82, 2.24) is 10.3 Å². The van der Waals surface area contributed by atoms with Crippen LogP contribution in [-0.4, -0.2) is 30.2 Å². The predicted molar refractivity (Wildman–Crippen MR) is 82.1 cm³/mol. The quantitative estimate of drug-likeness (QED) is 0.652. The van der Waals surface area contributed by atoms with Crippen LogP contribution in [-0.2, 0) is 11.3 Å². The topological polar surface area (TPSA) is 85.7 Å². The summed E-state index contributed by atoms with van der Waals surface area (Å²) in [6, 6.07) is 3.74. The lowest BCUT2D eigenvalue weighted by Crippen LogP contribution is -2.37. The Bertz CT molecular complexity index is 588. The molecule has 3 heterocycles. The first-order chi connectivity index (χ1) is 10.3. The number of rotatable bonds is 5. The summed E-state index contributed by atoms with van der Waals surface area (Å²) in [5, 5.41) is 5.91. The Labute approximate surface area is 127 Å². The van der Waals surface area contributed by atoms with Crippen LogP contribution in [0.15, 0.2) is 33.2 Å². The monoisotopic (exact) mass is 306 g/mol. The third-order valence-electron chi connectivity index (χ3n) is 3.23. The van der Waals surface area contributed by atoms with Gasteiger partial charge in [0.2, 0.25) is 0 Å². The number of furan rings is 1. The maximum absolute atomic E-state index is 5.84. The number of thiazole rings is 1. The van der Waals surface area contributed by atoms with Gasteiger partial charge in [-0.15, -0.1) is 11.3 Å². The molecular formula is C14H18N4O2S. The Kier molecular flexibility index (Phi) is 4.52. The maximum atomic E-state index is 5.84. The third kappa shape index (κ3) is 3.83. The van der Waals surface area contributed by atoms with Crippen LogP contribution in [0.1, 0.15) is 18.5 Å². The standard InChI is InChI=1S/C14H18N4O2S/c15-14(17-8-11-3-1-5-19-11)16-7-10-9-21-13(18-10)12-4-2-6-20-12/h2,4,6,9,11H,1,3,5,7-8H2,(H3,15,16,17). The van der Waals surface area contributed by atoms with Crippen molar-refractivity contribution in [3.05, 3.63) is 29.5 Å². The summed E-state index contributed by atoms with van der Waals surface area (Å²) in [4.78, 5) is 8.76. The molecule has 1 atom stereocenters. The minimum Gasteiger partial charge on any atom is -0.462 e. The summed E-state index contributed by atoms with van der Waals surface area (Å²) in [5.74, 6) is 1.21. The van der Waals surface area contributed by atoms with E-state index in [4.69, 9.17) is 14.9 Å². The van der Waals surface area contributed by atoms with E-state index in [9.17, 15) is 0 Å². The van der Waals surface area contributed by atoms with Gasteiger partial charge in [-0.3, -0.25) is 0 Å². The lowest BCUT2D eigenvalue weighted by atomic mass is 10.2. The number of nitrogens with one attached hydrogen (secondary N) is 1. The summed E-state index contributed by atoms with van der Waals surface area (Å²) in [5.41, 5.74) is 6.72. The number of hydrogen-bond acceptors (Lipinski definition) is 5. The van der Waals surface area contributed by atoms with E-state index in [0.29, 0.717) is 19.0 Å². The molecule has 3 rings (SSSR count). The molecule has 0 aromatic carbocycles. The summed E-state index contributed by atoms with van der Waals surface area (Å²) in [6.07, 6.45) is 4.10. The lowest BCUT2D eigenvalue weighted by molar-refractivity contribution is 0.114. The minimum absolute atomic E-state index is 0.253. The van der Waals surface area contributed by atoms with Gasteiger partial charge in [0.05, 0.1) is 24.6 Å². The van der Waals surface area contributed by atoms with Crippen LogP contribution in [0.25, 0.3) is 10.8 Å². The van der Waals surface area contributed by atoms with Crippen molar-refractivity contribution in [3.8, 4) is 10.8 Å². The highest BCUT2D eigenvalue weighted by atomic mass is 32.1. The molecule has 21 heavy (non-hydrogen) atoms. The molecule has 1 saturated heterocycles. The molecule has 112 valence electrons. The Morgan fingerprint density at radius 1 is 1.57 bits per heavy atom. The Hall–Kier alpha value is -1.86. The van der Waals surface area contributed by atoms with Crippen LogP contribution in [0.5, 0.6) is 0 Å². The molecule has 1 unspecified atom stereocenters. The summed E-state index contributed by atoms with van der Waals surface area (Å²) in [7, 11) is 0. The SMILES string of the molecule is NC(=NCc1csc(-c2ccco2)n1)NCC1CCCO1. The van der Waals surface area contributed by atoms with Gasteiger partial charge in [-0.05, 0) is 25.0 Å². The van der Waals surface area contributed by atoms with Crippen LogP contribution in [0.4, 0.5) is 0 Å². The molecule has 2 aromatic rings. The Morgan fingerprint density at radius 2 is 2.52 bits per heavy atom. The second-order valence-corrected chi connectivity index (χ2v) is 5.70. The molecule has 0 spiro atoms. The molecule has 6 nitrogen and oxygen atoms in total. The maximum Gasteiger partial charge on any atom is 0.189 e. The number of ether oxygens (including phenoxy) is 1. The molecular weight excluding hydrogens is 288 g/mol. The fourth-order valence-electron chi connectivity index (χ4n) is 2.14. The van der Waals surface area contributed by atoms with Crippen molar-refractivity contribution in [2.24, 2.45) is 10.7 Å². The van der Waals surface area contributed by atoms with Crippen molar-refractivity contribution < 1.29 is 9.15 Å². The highest BCUT2D eigenvalue weighted by Gasteiger charge is 2.15. The smallest absolute Gasteiger partial charge is 0.189 e. The molecule has 1 aliphatic rings. The van der Waals surface area contributed by atoms with Crippen LogP contribution in [0, 0.1) is 0 Å². The van der Waals surface area contributed by atoms with Gasteiger partial charge in [-0.25, -0.2) is 9.98 Å². The van der Waals surface area contributed by atoms with Gasteiger partial charge in [0.25, 0.3) is 0 Å². The third-order valence-corrected chi connectivity index (χ3v) is 4.14. The largest absolute Gasteiger partial charge is 0.462 e. The molecule has 0 radical (unpaired) electrons. The van der Waals surface area contributed by atoms with Crippen LogP contribution in [0.3, 0.4) is 0 Å². The van der Waals surface area contributed by atoms with Crippen molar-refractivity contribution in [1.29, 1.82) is 0 Å². The fraction of sp³-hybridized carbons (Fsp3) is 0.429. The van der Waals surface area contributed by atoms with Gasteiger partial charge in [0.1, 0.15) is 0 Å². The highest BCUT2D eigenvalue weighted by Crippen LogP contribution is 2.24. The van der Waals surface area contributed by atoms with Gasteiger partial charge < -0.3 is 20.2 Å². The van der Waals surface area contributed by atoms with Crippen molar-refractivity contribution in [2.75, 3.05) is 13.2 Å². The Morgan fingerprint density at radius 3 is 3.29 bits per heavy atom. The zero-order chi connectivity index (χ0) is 14.5. The van der Waals surface area contributed by atoms with Gasteiger partial charge in [0.15, 0.2) is 16.7 Å². The van der Waals surface area contributed by atoms with E-state index in [-0.39, 0.29) is 6.10 Å². The molecule has 0 bridgehead atoms. The van der Waals surface area contributed by atoms with E-state index < -0.39 is 0 Å². The van der Waals surface area contributed by atoms with E-state index in [2.05, 4.69) is 15.3 Å². The average Bonchev–Trinajstić information content (AvgIpc) is 3.24. The van der Waals surface area contributed by atoms with Crippen LogP contribution >= 0.6 is 11.3 Å². The van der Waals surface area contributed by atoms with Crippen molar-refractivity contribution in [2.45, 2.75) is 25.5 Å². The lowest BCUT2D eigenvalue weighted by Gasteiger charge is -2.10. The van der Waals surface area contributed by atoms with Crippen molar-refractivity contribution >= 4 is 17.3 Å². The number of nitrogens with zero attached hydrogens (tertiary/aromatic N) is 2. The summed E-state index contributed by atoms with van der Waals surface area (Å²) >= 11 is 1.54. The molecule has 7 heteroatoms.